The fraction of sp³-hybridized carbons (Fsp3) is 0.300. The van der Waals surface area contributed by atoms with Gasteiger partial charge in [0.15, 0.2) is 0 Å². The van der Waals surface area contributed by atoms with Gasteiger partial charge in [-0.05, 0) is 42.4 Å². The first-order valence-electron chi connectivity index (χ1n) is 7.80. The van der Waals surface area contributed by atoms with E-state index in [4.69, 9.17) is 0 Å². The first-order valence-corrected chi connectivity index (χ1v) is 7.80. The zero-order chi connectivity index (χ0) is 14.5. The lowest BCUT2D eigenvalue weighted by Crippen LogP contribution is -2.29. The molecule has 1 atom stereocenters. The lowest BCUT2D eigenvalue weighted by atomic mass is 9.78. The van der Waals surface area contributed by atoms with Crippen molar-refractivity contribution in [2.75, 3.05) is 0 Å². The molecule has 0 aromatic heterocycles. The zero-order valence-electron chi connectivity index (χ0n) is 12.3. The molecule has 0 fully saturated rings. The second kappa shape index (κ2) is 6.28. The third-order valence-electron chi connectivity index (χ3n) is 4.26. The lowest BCUT2D eigenvalue weighted by Gasteiger charge is -2.32. The molecule has 0 radical (unpaired) electrons. The van der Waals surface area contributed by atoms with Crippen LogP contribution in [0.4, 0.5) is 0 Å². The van der Waals surface area contributed by atoms with E-state index in [2.05, 4.69) is 36.5 Å². The number of allylic oxidation sites excluding steroid dienone is 5. The Morgan fingerprint density at radius 3 is 2.19 bits per heavy atom. The molecule has 0 aliphatic heterocycles. The van der Waals surface area contributed by atoms with Crippen molar-refractivity contribution >= 4 is 0 Å². The van der Waals surface area contributed by atoms with Crippen LogP contribution >= 0.6 is 0 Å². The second-order valence-corrected chi connectivity index (χ2v) is 5.80. The average molecular weight is 278 g/mol. The molecule has 1 heteroatoms. The highest BCUT2D eigenvalue weighted by Gasteiger charge is 2.33. The summed E-state index contributed by atoms with van der Waals surface area (Å²) in [6, 6.07) is 10.0. The predicted octanol–water partition coefficient (Wildman–Crippen LogP) is 4.82. The zero-order valence-corrected chi connectivity index (χ0v) is 12.3. The van der Waals surface area contributed by atoms with E-state index in [1.54, 1.807) is 0 Å². The molecule has 21 heavy (non-hydrogen) atoms. The molecule has 0 saturated heterocycles. The highest BCUT2D eigenvalue weighted by Crippen LogP contribution is 2.38. The van der Waals surface area contributed by atoms with Crippen molar-refractivity contribution in [3.05, 3.63) is 83.5 Å². The molecular weight excluding hydrogens is 256 g/mol. The van der Waals surface area contributed by atoms with Crippen LogP contribution in [0.5, 0.6) is 0 Å². The van der Waals surface area contributed by atoms with Gasteiger partial charge >= 0.3 is 0 Å². The summed E-state index contributed by atoms with van der Waals surface area (Å²) in [6.45, 7) is 0. The fourth-order valence-corrected chi connectivity index (χ4v) is 3.10. The Labute approximate surface area is 127 Å². The average Bonchev–Trinajstić information content (AvgIpc) is 2.57. The SMILES string of the molecule is OC(CC1=CCCC=C1)(C1=CCCC=C1)c1ccccc1. The Balaban J connectivity index is 1.98. The minimum absolute atomic E-state index is 0.643. The maximum Gasteiger partial charge on any atom is 0.118 e. The number of aliphatic hydroxyl groups is 1. The summed E-state index contributed by atoms with van der Waals surface area (Å²) in [5.74, 6) is 0. The molecular formula is C20H22O. The summed E-state index contributed by atoms with van der Waals surface area (Å²) in [5, 5.41) is 11.5. The standard InChI is InChI=1S/C20H22O/c21-20(18-12-6-2-7-13-18,19-14-8-3-9-15-19)16-17-10-4-1-5-11-17/h2,4,6-8,10-15,21H,1,3,5,9,16H2. The van der Waals surface area contributed by atoms with Crippen molar-refractivity contribution in [2.24, 2.45) is 0 Å². The van der Waals surface area contributed by atoms with Crippen molar-refractivity contribution in [1.82, 2.24) is 0 Å². The van der Waals surface area contributed by atoms with Gasteiger partial charge in [-0.25, -0.2) is 0 Å². The number of rotatable bonds is 4. The molecule has 2 aliphatic rings. The van der Waals surface area contributed by atoms with Crippen LogP contribution in [0.25, 0.3) is 0 Å². The molecule has 0 saturated carbocycles. The largest absolute Gasteiger partial charge is 0.380 e. The minimum atomic E-state index is -0.925. The van der Waals surface area contributed by atoms with E-state index in [0.29, 0.717) is 6.42 Å². The highest BCUT2D eigenvalue weighted by molar-refractivity contribution is 5.43. The fourth-order valence-electron chi connectivity index (χ4n) is 3.10. The van der Waals surface area contributed by atoms with Gasteiger partial charge in [-0.2, -0.15) is 0 Å². The van der Waals surface area contributed by atoms with Crippen LogP contribution in [0.3, 0.4) is 0 Å². The predicted molar refractivity (Wildman–Crippen MR) is 87.9 cm³/mol. The van der Waals surface area contributed by atoms with E-state index in [1.165, 1.54) is 5.57 Å². The number of hydrogen-bond donors (Lipinski definition) is 1. The third-order valence-corrected chi connectivity index (χ3v) is 4.26. The molecule has 0 bridgehead atoms. The molecule has 0 amide bonds. The maximum atomic E-state index is 11.5. The molecule has 0 spiro atoms. The van der Waals surface area contributed by atoms with E-state index < -0.39 is 5.60 Å². The molecule has 0 heterocycles. The van der Waals surface area contributed by atoms with Crippen molar-refractivity contribution < 1.29 is 5.11 Å². The lowest BCUT2D eigenvalue weighted by molar-refractivity contribution is 0.0804. The van der Waals surface area contributed by atoms with Crippen LogP contribution < -0.4 is 0 Å². The van der Waals surface area contributed by atoms with E-state index >= 15 is 0 Å². The molecule has 1 N–H and O–H groups in total. The minimum Gasteiger partial charge on any atom is -0.380 e. The van der Waals surface area contributed by atoms with Gasteiger partial charge in [0.1, 0.15) is 5.60 Å². The van der Waals surface area contributed by atoms with Crippen molar-refractivity contribution in [3.8, 4) is 0 Å². The van der Waals surface area contributed by atoms with Crippen molar-refractivity contribution in [3.63, 3.8) is 0 Å². The van der Waals surface area contributed by atoms with E-state index in [0.717, 1.165) is 36.8 Å². The molecule has 3 rings (SSSR count). The Morgan fingerprint density at radius 1 is 0.857 bits per heavy atom. The number of hydrogen-bond acceptors (Lipinski definition) is 1. The van der Waals surface area contributed by atoms with E-state index in [9.17, 15) is 5.11 Å². The van der Waals surface area contributed by atoms with Crippen LogP contribution in [0, 0.1) is 0 Å². The summed E-state index contributed by atoms with van der Waals surface area (Å²) in [6.07, 6.45) is 17.9. The Kier molecular flexibility index (Phi) is 4.21. The summed E-state index contributed by atoms with van der Waals surface area (Å²) in [5.41, 5.74) is 2.31. The summed E-state index contributed by atoms with van der Waals surface area (Å²) in [7, 11) is 0. The van der Waals surface area contributed by atoms with Gasteiger partial charge in [-0.1, -0.05) is 66.8 Å². The first-order chi connectivity index (χ1) is 10.3. The van der Waals surface area contributed by atoms with Crippen molar-refractivity contribution in [2.45, 2.75) is 37.7 Å². The Hall–Kier alpha value is -1.86. The van der Waals surface area contributed by atoms with Crippen molar-refractivity contribution in [1.29, 1.82) is 0 Å². The van der Waals surface area contributed by atoms with Crippen LogP contribution in [0.2, 0.25) is 0 Å². The number of benzene rings is 1. The monoisotopic (exact) mass is 278 g/mol. The summed E-state index contributed by atoms with van der Waals surface area (Å²) < 4.78 is 0. The third kappa shape index (κ3) is 3.08. The Bertz CT molecular complexity index is 604. The molecule has 108 valence electrons. The van der Waals surface area contributed by atoms with Gasteiger partial charge in [0.25, 0.3) is 0 Å². The normalized spacial score (nSPS) is 20.6. The van der Waals surface area contributed by atoms with Gasteiger partial charge in [-0.3, -0.25) is 0 Å². The first kappa shape index (κ1) is 14.1. The summed E-state index contributed by atoms with van der Waals surface area (Å²) >= 11 is 0. The smallest absolute Gasteiger partial charge is 0.118 e. The van der Waals surface area contributed by atoms with Crippen LogP contribution in [0.1, 0.15) is 37.7 Å². The molecule has 1 nitrogen and oxygen atoms in total. The van der Waals surface area contributed by atoms with Gasteiger partial charge in [0.05, 0.1) is 0 Å². The van der Waals surface area contributed by atoms with Gasteiger partial charge in [-0.15, -0.1) is 0 Å². The van der Waals surface area contributed by atoms with Gasteiger partial charge in [0.2, 0.25) is 0 Å². The van der Waals surface area contributed by atoms with Crippen LogP contribution in [-0.2, 0) is 5.60 Å². The van der Waals surface area contributed by atoms with Crippen LogP contribution in [0.15, 0.2) is 77.9 Å². The van der Waals surface area contributed by atoms with Crippen LogP contribution in [-0.4, -0.2) is 5.11 Å². The molecule has 1 unspecified atom stereocenters. The van der Waals surface area contributed by atoms with E-state index in [-0.39, 0.29) is 0 Å². The second-order valence-electron chi connectivity index (χ2n) is 5.80. The molecule has 1 aromatic carbocycles. The van der Waals surface area contributed by atoms with Gasteiger partial charge in [0, 0.05) is 6.42 Å². The molecule has 1 aromatic rings. The molecule has 2 aliphatic carbocycles. The topological polar surface area (TPSA) is 20.2 Å². The van der Waals surface area contributed by atoms with Gasteiger partial charge < -0.3 is 5.11 Å². The highest BCUT2D eigenvalue weighted by atomic mass is 16.3. The van der Waals surface area contributed by atoms with E-state index in [1.807, 2.05) is 30.3 Å². The summed E-state index contributed by atoms with van der Waals surface area (Å²) in [4.78, 5) is 0. The maximum absolute atomic E-state index is 11.5. The Morgan fingerprint density at radius 2 is 1.57 bits per heavy atom. The quantitative estimate of drug-likeness (QED) is 0.837.